The number of fused-ring (bicyclic) bond motifs is 2. The summed E-state index contributed by atoms with van der Waals surface area (Å²) < 4.78 is 12.3. The lowest BCUT2D eigenvalue weighted by atomic mass is 9.82. The number of hydrogen-bond donors (Lipinski definition) is 0. The SMILES string of the molecule is Cc1cc(O[Si](C)(C)C)c2c(c1)C(=O)c1cccc(O[Si](C)(C)C)c1C2=O. The summed E-state index contributed by atoms with van der Waals surface area (Å²) in [5.74, 6) is 0.664. The number of carbonyl (C=O) groups excluding carboxylic acids is 2. The summed E-state index contributed by atoms with van der Waals surface area (Å²) in [6, 6.07) is 8.90. The van der Waals surface area contributed by atoms with Crippen molar-refractivity contribution < 1.29 is 18.4 Å². The Morgan fingerprint density at radius 3 is 1.85 bits per heavy atom. The smallest absolute Gasteiger partial charge is 0.242 e. The molecule has 142 valence electrons. The summed E-state index contributed by atoms with van der Waals surface area (Å²) >= 11 is 0. The third-order valence-corrected chi connectivity index (χ3v) is 5.71. The minimum absolute atomic E-state index is 0.148. The van der Waals surface area contributed by atoms with Gasteiger partial charge in [-0.15, -0.1) is 0 Å². The van der Waals surface area contributed by atoms with Crippen LogP contribution in [0.4, 0.5) is 0 Å². The lowest BCUT2D eigenvalue weighted by Gasteiger charge is -2.28. The normalized spacial score (nSPS) is 13.9. The van der Waals surface area contributed by atoms with Crippen molar-refractivity contribution in [1.82, 2.24) is 0 Å². The van der Waals surface area contributed by atoms with Gasteiger partial charge in [0.2, 0.25) is 22.4 Å². The lowest BCUT2D eigenvalue weighted by Crippen LogP contribution is -2.33. The Balaban J connectivity index is 2.24. The van der Waals surface area contributed by atoms with Gasteiger partial charge in [-0.05, 0) is 70.0 Å². The average Bonchev–Trinajstić information content (AvgIpc) is 2.48. The molecule has 0 bridgehead atoms. The molecule has 0 atom stereocenters. The molecule has 27 heavy (non-hydrogen) atoms. The standard InChI is InChI=1S/C21H26O4Si2/c1-13-11-15-19(17(12-13)25-27(5,6)7)21(23)18-14(20(15)22)9-8-10-16(18)24-26(2,3)4/h8-12H,1-7H3. The first-order valence-electron chi connectivity index (χ1n) is 9.12. The van der Waals surface area contributed by atoms with Gasteiger partial charge >= 0.3 is 0 Å². The van der Waals surface area contributed by atoms with Crippen LogP contribution in [0.1, 0.15) is 37.4 Å². The summed E-state index contributed by atoms with van der Waals surface area (Å²) in [7, 11) is -3.91. The molecule has 2 aromatic rings. The molecule has 0 amide bonds. The van der Waals surface area contributed by atoms with E-state index in [4.69, 9.17) is 8.85 Å². The van der Waals surface area contributed by atoms with E-state index < -0.39 is 16.6 Å². The molecule has 1 aliphatic rings. The highest BCUT2D eigenvalue weighted by molar-refractivity contribution is 6.71. The van der Waals surface area contributed by atoms with Crippen LogP contribution in [-0.2, 0) is 0 Å². The maximum absolute atomic E-state index is 13.5. The van der Waals surface area contributed by atoms with Crippen molar-refractivity contribution in [3.63, 3.8) is 0 Å². The predicted molar refractivity (Wildman–Crippen MR) is 112 cm³/mol. The van der Waals surface area contributed by atoms with Crippen LogP contribution < -0.4 is 8.85 Å². The zero-order chi connectivity index (χ0) is 20.1. The van der Waals surface area contributed by atoms with Crippen molar-refractivity contribution >= 4 is 28.2 Å². The summed E-state index contributed by atoms with van der Waals surface area (Å²) in [5, 5.41) is 0. The number of rotatable bonds is 4. The number of aryl methyl sites for hydroxylation is 1. The monoisotopic (exact) mass is 398 g/mol. The van der Waals surface area contributed by atoms with Crippen LogP contribution in [-0.4, -0.2) is 28.2 Å². The van der Waals surface area contributed by atoms with Crippen LogP contribution in [0.15, 0.2) is 30.3 Å². The number of benzene rings is 2. The molecule has 0 saturated carbocycles. The van der Waals surface area contributed by atoms with Gasteiger partial charge < -0.3 is 8.85 Å². The second-order valence-corrected chi connectivity index (χ2v) is 17.8. The number of hydrogen-bond acceptors (Lipinski definition) is 4. The van der Waals surface area contributed by atoms with Crippen LogP contribution in [0.2, 0.25) is 39.3 Å². The van der Waals surface area contributed by atoms with E-state index in [0.29, 0.717) is 33.8 Å². The van der Waals surface area contributed by atoms with Gasteiger partial charge in [0.1, 0.15) is 11.5 Å². The summed E-state index contributed by atoms with van der Waals surface area (Å²) in [5.41, 5.74) is 2.47. The molecule has 4 nitrogen and oxygen atoms in total. The quantitative estimate of drug-likeness (QED) is 0.567. The van der Waals surface area contributed by atoms with E-state index in [-0.39, 0.29) is 11.6 Å². The van der Waals surface area contributed by atoms with Crippen molar-refractivity contribution in [1.29, 1.82) is 0 Å². The fourth-order valence-corrected chi connectivity index (χ4v) is 4.87. The molecule has 3 rings (SSSR count). The van der Waals surface area contributed by atoms with Gasteiger partial charge in [0.05, 0.1) is 11.1 Å². The third kappa shape index (κ3) is 3.91. The maximum Gasteiger partial charge on any atom is 0.242 e. The fraction of sp³-hybridized carbons (Fsp3) is 0.333. The first kappa shape index (κ1) is 19.6. The largest absolute Gasteiger partial charge is 0.544 e. The van der Waals surface area contributed by atoms with Gasteiger partial charge in [0.25, 0.3) is 0 Å². The summed E-state index contributed by atoms with van der Waals surface area (Å²) in [4.78, 5) is 26.7. The van der Waals surface area contributed by atoms with E-state index in [1.807, 2.05) is 13.0 Å². The van der Waals surface area contributed by atoms with Crippen LogP contribution in [0, 0.1) is 6.92 Å². The van der Waals surface area contributed by atoms with E-state index >= 15 is 0 Å². The summed E-state index contributed by atoms with van der Waals surface area (Å²) in [6.45, 7) is 14.3. The van der Waals surface area contributed by atoms with Gasteiger partial charge in [-0.3, -0.25) is 9.59 Å². The molecule has 0 saturated heterocycles. The number of carbonyl (C=O) groups is 2. The first-order chi connectivity index (χ1) is 12.4. The Labute approximate surface area is 162 Å². The molecule has 6 heteroatoms. The van der Waals surface area contributed by atoms with E-state index in [0.717, 1.165) is 5.56 Å². The predicted octanol–water partition coefficient (Wildman–Crippen LogP) is 5.20. The highest BCUT2D eigenvalue weighted by atomic mass is 28.4. The topological polar surface area (TPSA) is 52.6 Å². The molecule has 0 heterocycles. The zero-order valence-corrected chi connectivity index (χ0v) is 19.0. The average molecular weight is 399 g/mol. The Kier molecular flexibility index (Phi) is 4.68. The molecule has 0 aromatic heterocycles. The van der Waals surface area contributed by atoms with Crippen molar-refractivity contribution in [3.05, 3.63) is 58.1 Å². The minimum atomic E-state index is -1.96. The Bertz CT molecular complexity index is 950. The van der Waals surface area contributed by atoms with Gasteiger partial charge in [-0.2, -0.15) is 0 Å². The van der Waals surface area contributed by atoms with Crippen molar-refractivity contribution in [3.8, 4) is 11.5 Å². The molecule has 0 fully saturated rings. The van der Waals surface area contributed by atoms with Gasteiger partial charge in [0.15, 0.2) is 5.78 Å². The molecule has 0 spiro atoms. The minimum Gasteiger partial charge on any atom is -0.544 e. The van der Waals surface area contributed by atoms with Gasteiger partial charge in [-0.1, -0.05) is 12.1 Å². The van der Waals surface area contributed by atoms with Gasteiger partial charge in [-0.25, -0.2) is 0 Å². The second-order valence-electron chi connectivity index (χ2n) is 8.95. The van der Waals surface area contributed by atoms with E-state index in [2.05, 4.69) is 39.3 Å². The van der Waals surface area contributed by atoms with E-state index in [9.17, 15) is 9.59 Å². The molecule has 0 radical (unpaired) electrons. The number of ketones is 2. The van der Waals surface area contributed by atoms with Gasteiger partial charge in [0, 0.05) is 11.1 Å². The second kappa shape index (κ2) is 6.46. The fourth-order valence-electron chi connectivity index (χ4n) is 3.22. The van der Waals surface area contributed by atoms with E-state index in [1.54, 1.807) is 24.3 Å². The molecular weight excluding hydrogens is 372 g/mol. The molecule has 2 aromatic carbocycles. The molecule has 0 N–H and O–H groups in total. The lowest BCUT2D eigenvalue weighted by molar-refractivity contribution is 0.0976. The Hall–Kier alpha value is -2.19. The molecular formula is C21H26O4Si2. The van der Waals surface area contributed by atoms with Crippen LogP contribution >= 0.6 is 0 Å². The molecule has 1 aliphatic carbocycles. The first-order valence-corrected chi connectivity index (χ1v) is 15.9. The van der Waals surface area contributed by atoms with E-state index in [1.165, 1.54) is 0 Å². The maximum atomic E-state index is 13.5. The van der Waals surface area contributed by atoms with Crippen molar-refractivity contribution in [2.45, 2.75) is 46.2 Å². The van der Waals surface area contributed by atoms with Crippen molar-refractivity contribution in [2.75, 3.05) is 0 Å². The third-order valence-electron chi connectivity index (χ3n) is 4.05. The highest BCUT2D eigenvalue weighted by Crippen LogP contribution is 2.39. The molecule has 0 unspecified atom stereocenters. The van der Waals surface area contributed by atoms with Crippen LogP contribution in [0.25, 0.3) is 0 Å². The summed E-state index contributed by atoms with van der Waals surface area (Å²) in [6.07, 6.45) is 0. The Morgan fingerprint density at radius 1 is 0.704 bits per heavy atom. The Morgan fingerprint density at radius 2 is 1.26 bits per heavy atom. The van der Waals surface area contributed by atoms with Crippen LogP contribution in [0.5, 0.6) is 11.5 Å². The molecule has 0 aliphatic heterocycles. The highest BCUT2D eigenvalue weighted by Gasteiger charge is 2.36. The van der Waals surface area contributed by atoms with Crippen molar-refractivity contribution in [2.24, 2.45) is 0 Å². The van der Waals surface area contributed by atoms with Crippen LogP contribution in [0.3, 0.4) is 0 Å². The zero-order valence-electron chi connectivity index (χ0n) is 17.0.